The lowest BCUT2D eigenvalue weighted by atomic mass is 9.84. The maximum atomic E-state index is 12.8. The van der Waals surface area contributed by atoms with Crippen LogP contribution in [-0.4, -0.2) is 85.7 Å². The van der Waals surface area contributed by atoms with Gasteiger partial charge >= 0.3 is 0 Å². The van der Waals surface area contributed by atoms with Crippen LogP contribution in [0.25, 0.3) is 11.2 Å². The van der Waals surface area contributed by atoms with Gasteiger partial charge in [0.15, 0.2) is 11.5 Å². The molecule has 1 amide bonds. The Balaban J connectivity index is 1.21. The van der Waals surface area contributed by atoms with E-state index in [2.05, 4.69) is 25.5 Å². The molecule has 5 aromatic rings. The number of aromatic nitrogens is 6. The number of hydrogen-bond acceptors (Lipinski definition) is 9. The molecule has 6 rings (SSSR count). The first-order chi connectivity index (χ1) is 20.8. The maximum Gasteiger partial charge on any atom is 0.246 e. The van der Waals surface area contributed by atoms with Crippen molar-refractivity contribution >= 4 is 28.6 Å². The van der Waals surface area contributed by atoms with Gasteiger partial charge in [0, 0.05) is 62.5 Å². The fraction of sp³-hybridized carbons (Fsp3) is 0.323. The summed E-state index contributed by atoms with van der Waals surface area (Å²) in [7, 11) is 5.69. The van der Waals surface area contributed by atoms with E-state index in [4.69, 9.17) is 9.47 Å². The lowest BCUT2D eigenvalue weighted by Crippen LogP contribution is -2.45. The van der Waals surface area contributed by atoms with Crippen molar-refractivity contribution in [3.63, 3.8) is 0 Å². The monoisotopic (exact) mass is 581 g/mol. The molecule has 5 heterocycles. The zero-order chi connectivity index (χ0) is 30.0. The molecule has 0 spiro atoms. The molecule has 0 unspecified atom stereocenters. The molecule has 1 fully saturated rings. The van der Waals surface area contributed by atoms with Crippen molar-refractivity contribution in [1.29, 1.82) is 0 Å². The standard InChI is InChI=1S/C31H35N9O3/c1-22-18-23(7-8-26(22)43-24-9-14-39-27(19-24)32-20-34-39)36-30-29-25(10-15-40(29)35-21-33-30)31(42-4)11-16-38(17-12-31)28(41)6-5-13-37(2)3/h5-10,14-15,18-21H,11-13,16-17H2,1-4H3,(H,33,35,36)/b6-5+. The molecule has 0 atom stereocenters. The first-order valence-electron chi connectivity index (χ1n) is 14.2. The number of pyridine rings is 1. The van der Waals surface area contributed by atoms with Crippen molar-refractivity contribution < 1.29 is 14.3 Å². The molecular weight excluding hydrogens is 546 g/mol. The van der Waals surface area contributed by atoms with Gasteiger partial charge in [0.1, 0.15) is 29.7 Å². The van der Waals surface area contributed by atoms with Gasteiger partial charge in [-0.3, -0.25) is 4.79 Å². The third kappa shape index (κ3) is 5.79. The van der Waals surface area contributed by atoms with Gasteiger partial charge in [-0.1, -0.05) is 6.08 Å². The molecule has 1 N–H and O–H groups in total. The molecule has 43 heavy (non-hydrogen) atoms. The third-order valence-electron chi connectivity index (χ3n) is 7.87. The summed E-state index contributed by atoms with van der Waals surface area (Å²) in [5, 5.41) is 12.1. The molecular formula is C31H35N9O3. The van der Waals surface area contributed by atoms with Crippen molar-refractivity contribution in [1.82, 2.24) is 39.0 Å². The highest BCUT2D eigenvalue weighted by atomic mass is 16.5. The molecule has 1 aliphatic rings. The van der Waals surface area contributed by atoms with E-state index in [9.17, 15) is 4.79 Å². The van der Waals surface area contributed by atoms with Gasteiger partial charge in [0.05, 0.1) is 5.60 Å². The number of likely N-dealkylation sites (N-methyl/N-ethyl adjacent to an activating group) is 1. The Bertz CT molecular complexity index is 1780. The average Bonchev–Trinajstić information content (AvgIpc) is 3.66. The number of carbonyl (C=O) groups is 1. The topological polar surface area (TPSA) is 114 Å². The molecule has 0 bridgehead atoms. The van der Waals surface area contributed by atoms with Gasteiger partial charge < -0.3 is 24.6 Å². The normalized spacial score (nSPS) is 15.1. The van der Waals surface area contributed by atoms with E-state index >= 15 is 0 Å². The molecule has 4 aromatic heterocycles. The number of fused-ring (bicyclic) bond motifs is 2. The zero-order valence-electron chi connectivity index (χ0n) is 24.8. The van der Waals surface area contributed by atoms with Crippen LogP contribution >= 0.6 is 0 Å². The van der Waals surface area contributed by atoms with E-state index in [1.165, 1.54) is 12.7 Å². The number of rotatable bonds is 9. The number of benzene rings is 1. The van der Waals surface area contributed by atoms with Crippen LogP contribution in [0.1, 0.15) is 24.0 Å². The van der Waals surface area contributed by atoms with Gasteiger partial charge in [0.25, 0.3) is 0 Å². The van der Waals surface area contributed by atoms with Crippen LogP contribution in [0.4, 0.5) is 11.5 Å². The van der Waals surface area contributed by atoms with Gasteiger partial charge in [-0.05, 0) is 69.8 Å². The van der Waals surface area contributed by atoms with E-state index in [1.807, 2.05) is 90.2 Å². The number of ether oxygens (including phenoxy) is 2. The molecule has 12 nitrogen and oxygen atoms in total. The third-order valence-corrected chi connectivity index (χ3v) is 7.87. The predicted octanol–water partition coefficient (Wildman–Crippen LogP) is 4.20. The number of aryl methyl sites for hydroxylation is 1. The molecule has 0 aliphatic carbocycles. The lowest BCUT2D eigenvalue weighted by Gasteiger charge is -2.40. The Labute approximate surface area is 249 Å². The second-order valence-corrected chi connectivity index (χ2v) is 11.0. The van der Waals surface area contributed by atoms with E-state index in [0.717, 1.165) is 34.6 Å². The van der Waals surface area contributed by atoms with Gasteiger partial charge in [-0.2, -0.15) is 10.2 Å². The molecule has 12 heteroatoms. The fourth-order valence-electron chi connectivity index (χ4n) is 5.52. The van der Waals surface area contributed by atoms with Crippen LogP contribution in [0.5, 0.6) is 11.5 Å². The maximum absolute atomic E-state index is 12.8. The minimum Gasteiger partial charge on any atom is -0.457 e. The number of anilines is 2. The highest BCUT2D eigenvalue weighted by molar-refractivity contribution is 5.87. The Morgan fingerprint density at radius 2 is 1.81 bits per heavy atom. The summed E-state index contributed by atoms with van der Waals surface area (Å²) in [5.41, 5.74) is 3.80. The minimum absolute atomic E-state index is 0.0286. The summed E-state index contributed by atoms with van der Waals surface area (Å²) in [6, 6.07) is 11.7. The van der Waals surface area contributed by atoms with Crippen LogP contribution in [0.3, 0.4) is 0 Å². The lowest BCUT2D eigenvalue weighted by molar-refractivity contribution is -0.132. The fourth-order valence-corrected chi connectivity index (χ4v) is 5.52. The number of hydrogen-bond donors (Lipinski definition) is 1. The summed E-state index contributed by atoms with van der Waals surface area (Å²) >= 11 is 0. The molecule has 1 aliphatic heterocycles. The van der Waals surface area contributed by atoms with E-state index in [1.54, 1.807) is 17.7 Å². The smallest absolute Gasteiger partial charge is 0.246 e. The Kier molecular flexibility index (Phi) is 7.78. The molecule has 0 radical (unpaired) electrons. The number of likely N-dealkylation sites (tertiary alicyclic amines) is 1. The van der Waals surface area contributed by atoms with Crippen LogP contribution in [0.15, 0.2) is 73.6 Å². The first kappa shape index (κ1) is 28.3. The summed E-state index contributed by atoms with van der Waals surface area (Å²) < 4.78 is 15.9. The van der Waals surface area contributed by atoms with Crippen LogP contribution in [-0.2, 0) is 15.1 Å². The quantitative estimate of drug-likeness (QED) is 0.256. The summed E-state index contributed by atoms with van der Waals surface area (Å²) in [5.74, 6) is 2.12. The van der Waals surface area contributed by atoms with Crippen LogP contribution < -0.4 is 10.1 Å². The van der Waals surface area contributed by atoms with Gasteiger partial charge in [-0.25, -0.2) is 19.0 Å². The van der Waals surface area contributed by atoms with E-state index in [0.29, 0.717) is 43.1 Å². The Hall–Kier alpha value is -4.81. The number of amides is 1. The number of piperidine rings is 1. The second kappa shape index (κ2) is 11.8. The van der Waals surface area contributed by atoms with Gasteiger partial charge in [-0.15, -0.1) is 0 Å². The summed E-state index contributed by atoms with van der Waals surface area (Å²) in [4.78, 5) is 25.5. The Morgan fingerprint density at radius 3 is 2.58 bits per heavy atom. The molecule has 1 aromatic carbocycles. The summed E-state index contributed by atoms with van der Waals surface area (Å²) in [6.07, 6.45) is 11.7. The number of methoxy groups -OCH3 is 1. The molecule has 1 saturated heterocycles. The predicted molar refractivity (Wildman–Crippen MR) is 163 cm³/mol. The summed E-state index contributed by atoms with van der Waals surface area (Å²) in [6.45, 7) is 3.91. The van der Waals surface area contributed by atoms with Crippen molar-refractivity contribution in [2.24, 2.45) is 0 Å². The van der Waals surface area contributed by atoms with Crippen LogP contribution in [0.2, 0.25) is 0 Å². The minimum atomic E-state index is -0.570. The average molecular weight is 582 g/mol. The number of carbonyl (C=O) groups excluding carboxylic acids is 1. The highest BCUT2D eigenvalue weighted by Crippen LogP contribution is 2.41. The largest absolute Gasteiger partial charge is 0.457 e. The van der Waals surface area contributed by atoms with Crippen molar-refractivity contribution in [3.8, 4) is 11.5 Å². The van der Waals surface area contributed by atoms with Crippen molar-refractivity contribution in [2.45, 2.75) is 25.4 Å². The number of nitrogens with one attached hydrogen (secondary N) is 1. The zero-order valence-corrected chi connectivity index (χ0v) is 24.8. The SMILES string of the molecule is COC1(c2ccn3ncnc(Nc4ccc(Oc5ccn6ncnc6c5)c(C)c4)c23)CCN(C(=O)/C=C/CN(C)C)CC1. The molecule has 0 saturated carbocycles. The molecule has 222 valence electrons. The first-order valence-corrected chi connectivity index (χ1v) is 14.2. The van der Waals surface area contributed by atoms with E-state index in [-0.39, 0.29) is 5.91 Å². The van der Waals surface area contributed by atoms with Crippen molar-refractivity contribution in [3.05, 3.63) is 84.7 Å². The second-order valence-electron chi connectivity index (χ2n) is 11.0. The Morgan fingerprint density at radius 1 is 1.05 bits per heavy atom. The van der Waals surface area contributed by atoms with Crippen molar-refractivity contribution in [2.75, 3.05) is 46.2 Å². The van der Waals surface area contributed by atoms with E-state index < -0.39 is 5.60 Å². The number of nitrogens with zero attached hydrogens (tertiary/aromatic N) is 8. The highest BCUT2D eigenvalue weighted by Gasteiger charge is 2.39. The van der Waals surface area contributed by atoms with Crippen LogP contribution in [0, 0.1) is 6.92 Å². The van der Waals surface area contributed by atoms with Gasteiger partial charge in [0.2, 0.25) is 5.91 Å².